The van der Waals surface area contributed by atoms with Gasteiger partial charge < -0.3 is 24.3 Å². The molecule has 1 fully saturated rings. The summed E-state index contributed by atoms with van der Waals surface area (Å²) in [6, 6.07) is 8.25. The molecule has 35 heavy (non-hydrogen) atoms. The lowest BCUT2D eigenvalue weighted by Gasteiger charge is -2.27. The number of hydrogen-bond acceptors (Lipinski definition) is 10. The molecule has 0 saturated carbocycles. The molecular weight excluding hydrogens is 495 g/mol. The van der Waals surface area contributed by atoms with E-state index in [1.165, 1.54) is 13.4 Å². The largest absolute Gasteiger partial charge is 0.468 e. The fourth-order valence-corrected chi connectivity index (χ4v) is 6.29. The van der Waals surface area contributed by atoms with Crippen molar-refractivity contribution in [1.82, 2.24) is 24.6 Å². The number of H-pyrrole nitrogens is 1. The molecule has 0 spiro atoms. The second-order valence-electron chi connectivity index (χ2n) is 8.21. The van der Waals surface area contributed by atoms with E-state index in [2.05, 4.69) is 20.0 Å². The minimum Gasteiger partial charge on any atom is -0.468 e. The molecule has 0 bridgehead atoms. The summed E-state index contributed by atoms with van der Waals surface area (Å²) in [4.78, 5) is 34.9. The maximum Gasteiger partial charge on any atom is 0.323 e. The number of anilines is 1. The Balaban J connectivity index is 1.49. The van der Waals surface area contributed by atoms with Crippen molar-refractivity contribution in [2.75, 3.05) is 19.5 Å². The highest BCUT2D eigenvalue weighted by Gasteiger charge is 2.37. The highest BCUT2D eigenvalue weighted by atomic mass is 32.5. The van der Waals surface area contributed by atoms with Crippen LogP contribution in [-0.2, 0) is 30.6 Å². The molecule has 1 saturated heterocycles. The number of ether oxygens (including phenoxy) is 2. The molecule has 5 atom stereocenters. The van der Waals surface area contributed by atoms with E-state index >= 15 is 0 Å². The van der Waals surface area contributed by atoms with E-state index in [4.69, 9.17) is 36.1 Å². The molecule has 1 aliphatic heterocycles. The number of carbonyl (C=O) groups excluding carboxylic acids is 1. The third-order valence-corrected chi connectivity index (χ3v) is 7.98. The SMILES string of the molecule is COC(=O)C(C)NP(=S)(OC[C@@H]1C[C@H](C)[C@H](n2cnc3c(=O)[nH]c(N)nc32)O1)Oc1ccccc1. The van der Waals surface area contributed by atoms with Crippen LogP contribution in [-0.4, -0.2) is 51.4 Å². The Bertz CT molecular complexity index is 1300. The summed E-state index contributed by atoms with van der Waals surface area (Å²) in [7, 11) is 1.30. The molecule has 3 heterocycles. The predicted molar refractivity (Wildman–Crippen MR) is 132 cm³/mol. The molecule has 2 unspecified atom stereocenters. The lowest BCUT2D eigenvalue weighted by Crippen LogP contribution is -2.35. The van der Waals surface area contributed by atoms with E-state index in [1.807, 2.05) is 25.1 Å². The van der Waals surface area contributed by atoms with Crippen molar-refractivity contribution in [2.24, 2.45) is 5.92 Å². The minimum absolute atomic E-state index is 0.000616. The Labute approximate surface area is 206 Å². The lowest BCUT2D eigenvalue weighted by molar-refractivity contribution is -0.142. The van der Waals surface area contributed by atoms with Crippen molar-refractivity contribution < 1.29 is 23.3 Å². The van der Waals surface area contributed by atoms with Gasteiger partial charge in [-0.3, -0.25) is 19.1 Å². The summed E-state index contributed by atoms with van der Waals surface area (Å²) < 4.78 is 24.8. The zero-order valence-electron chi connectivity index (χ0n) is 19.4. The van der Waals surface area contributed by atoms with Gasteiger partial charge >= 0.3 is 12.6 Å². The average Bonchev–Trinajstić information content (AvgIpc) is 3.40. The molecule has 14 heteroatoms. The number of rotatable bonds is 9. The van der Waals surface area contributed by atoms with Crippen molar-refractivity contribution in [3.8, 4) is 5.75 Å². The van der Waals surface area contributed by atoms with E-state index in [-0.39, 0.29) is 30.1 Å². The van der Waals surface area contributed by atoms with Gasteiger partial charge in [-0.1, -0.05) is 25.1 Å². The second-order valence-corrected chi connectivity index (χ2v) is 11.3. The number of benzene rings is 1. The summed E-state index contributed by atoms with van der Waals surface area (Å²) in [5.41, 5.74) is 5.82. The number of aromatic nitrogens is 4. The number of nitrogens with one attached hydrogen (secondary N) is 2. The topological polar surface area (TPSA) is 156 Å². The maximum atomic E-state index is 12.1. The number of esters is 1. The summed E-state index contributed by atoms with van der Waals surface area (Å²) >= 11 is 5.71. The second kappa shape index (κ2) is 10.4. The van der Waals surface area contributed by atoms with Crippen molar-refractivity contribution >= 4 is 41.5 Å². The molecule has 12 nitrogen and oxygen atoms in total. The van der Waals surface area contributed by atoms with E-state index in [1.54, 1.807) is 23.6 Å². The molecular formula is C21H27N6O6PS. The van der Waals surface area contributed by atoms with Crippen LogP contribution in [0.2, 0.25) is 0 Å². The third-order valence-electron chi connectivity index (χ3n) is 5.48. The number of nitrogens with two attached hydrogens (primary N) is 1. The predicted octanol–water partition coefficient (Wildman–Crippen LogP) is 2.10. The summed E-state index contributed by atoms with van der Waals surface area (Å²) in [6.45, 7) is 0.599. The number of nitrogen functional groups attached to an aromatic ring is 1. The Hall–Kier alpha value is -2.83. The number of para-hydroxylation sites is 1. The molecule has 2 aromatic heterocycles. The van der Waals surface area contributed by atoms with Crippen molar-refractivity contribution in [1.29, 1.82) is 0 Å². The van der Waals surface area contributed by atoms with Gasteiger partial charge in [0.2, 0.25) is 5.95 Å². The first kappa shape index (κ1) is 25.3. The van der Waals surface area contributed by atoms with Gasteiger partial charge in [0.25, 0.3) is 5.56 Å². The van der Waals surface area contributed by atoms with Crippen LogP contribution >= 0.6 is 6.64 Å². The van der Waals surface area contributed by atoms with Gasteiger partial charge in [0, 0.05) is 5.92 Å². The van der Waals surface area contributed by atoms with Crippen LogP contribution in [0.1, 0.15) is 26.5 Å². The van der Waals surface area contributed by atoms with Gasteiger partial charge in [-0.05, 0) is 37.3 Å². The standard InChI is InChI=1S/C21H27N6O6PS/c1-12-9-15(32-19(12)27-11-23-16-17(27)24-21(22)25-18(16)28)10-31-34(35,26-13(2)20(29)30-3)33-14-7-5-4-6-8-14/h4-8,11-13,15,19H,9-10H2,1-3H3,(H,26,35)(H3,22,24,25,28)/t12-,13?,15-,19+,34?/m0/s1. The zero-order valence-corrected chi connectivity index (χ0v) is 21.1. The number of fused-ring (bicyclic) bond motifs is 1. The average molecular weight is 523 g/mol. The lowest BCUT2D eigenvalue weighted by atomic mass is 10.1. The number of aromatic amines is 1. The number of imidazole rings is 1. The van der Waals surface area contributed by atoms with Crippen LogP contribution < -0.4 is 20.9 Å². The summed E-state index contributed by atoms with van der Waals surface area (Å²) in [6.07, 6.45) is 1.40. The molecule has 188 valence electrons. The fourth-order valence-electron chi connectivity index (χ4n) is 3.85. The maximum absolute atomic E-state index is 12.1. The molecule has 0 aliphatic carbocycles. The van der Waals surface area contributed by atoms with E-state index < -0.39 is 30.4 Å². The number of hydrogen-bond donors (Lipinski definition) is 3. The molecule has 1 aliphatic rings. The van der Waals surface area contributed by atoms with Crippen molar-refractivity contribution in [3.63, 3.8) is 0 Å². The quantitative estimate of drug-likeness (QED) is 0.279. The van der Waals surface area contributed by atoms with Gasteiger partial charge in [0.15, 0.2) is 11.2 Å². The molecule has 1 aromatic carbocycles. The fraction of sp³-hybridized carbons (Fsp3) is 0.429. The minimum atomic E-state index is -3.16. The Kier molecular flexibility index (Phi) is 7.53. The van der Waals surface area contributed by atoms with Crippen LogP contribution in [0, 0.1) is 5.92 Å². The normalized spacial score (nSPS) is 22.5. The van der Waals surface area contributed by atoms with Crippen LogP contribution in [0.5, 0.6) is 5.75 Å². The molecule has 0 amide bonds. The summed E-state index contributed by atoms with van der Waals surface area (Å²) in [5, 5.41) is 2.98. The Morgan fingerprint density at radius 2 is 2.17 bits per heavy atom. The highest BCUT2D eigenvalue weighted by Crippen LogP contribution is 2.46. The number of nitrogens with zero attached hydrogens (tertiary/aromatic N) is 3. The number of methoxy groups -OCH3 is 1. The van der Waals surface area contributed by atoms with Gasteiger partial charge in [-0.2, -0.15) is 4.98 Å². The monoisotopic (exact) mass is 522 g/mol. The smallest absolute Gasteiger partial charge is 0.323 e. The Morgan fingerprint density at radius 3 is 2.89 bits per heavy atom. The molecule has 4 N–H and O–H groups in total. The van der Waals surface area contributed by atoms with Gasteiger partial charge in [0.1, 0.15) is 18.0 Å². The first-order valence-corrected chi connectivity index (χ1v) is 13.6. The van der Waals surface area contributed by atoms with Crippen LogP contribution in [0.4, 0.5) is 5.95 Å². The van der Waals surface area contributed by atoms with E-state index in [0.717, 1.165) is 0 Å². The van der Waals surface area contributed by atoms with Crippen LogP contribution in [0.25, 0.3) is 11.2 Å². The third kappa shape index (κ3) is 5.71. The first-order chi connectivity index (χ1) is 16.7. The van der Waals surface area contributed by atoms with E-state index in [0.29, 0.717) is 17.8 Å². The first-order valence-electron chi connectivity index (χ1n) is 10.9. The van der Waals surface area contributed by atoms with Gasteiger partial charge in [-0.25, -0.2) is 10.1 Å². The van der Waals surface area contributed by atoms with E-state index in [9.17, 15) is 9.59 Å². The number of carbonyl (C=O) groups is 1. The molecule has 3 aromatic rings. The zero-order chi connectivity index (χ0) is 25.2. The Morgan fingerprint density at radius 1 is 1.43 bits per heavy atom. The van der Waals surface area contributed by atoms with Crippen LogP contribution in [0.3, 0.4) is 0 Å². The highest BCUT2D eigenvalue weighted by molar-refractivity contribution is 8.09. The van der Waals surface area contributed by atoms with Gasteiger partial charge in [0.05, 0.1) is 26.1 Å². The van der Waals surface area contributed by atoms with Gasteiger partial charge in [-0.15, -0.1) is 0 Å². The summed E-state index contributed by atoms with van der Waals surface area (Å²) in [5.74, 6) is 0.0780. The van der Waals surface area contributed by atoms with Crippen molar-refractivity contribution in [2.45, 2.75) is 38.6 Å². The van der Waals surface area contributed by atoms with Crippen molar-refractivity contribution in [3.05, 3.63) is 47.0 Å². The van der Waals surface area contributed by atoms with Crippen LogP contribution in [0.15, 0.2) is 41.5 Å². The molecule has 0 radical (unpaired) electrons. The molecule has 4 rings (SSSR count).